The van der Waals surface area contributed by atoms with Gasteiger partial charge in [0.2, 0.25) is 11.8 Å². The lowest BCUT2D eigenvalue weighted by atomic mass is 9.88. The van der Waals surface area contributed by atoms with Crippen LogP contribution in [0.25, 0.3) is 11.3 Å². The molecule has 0 atom stereocenters. The second-order valence-corrected chi connectivity index (χ2v) is 9.70. The fraction of sp³-hybridized carbons (Fsp3) is 0.556. The number of oxazole rings is 1. The summed E-state index contributed by atoms with van der Waals surface area (Å²) in [5.74, 6) is 3.09. The SMILES string of the molecule is COc1ncc(-c2cccc(N(CCCCCc3nc(C4CC4)no3)C(=O)C3CCCCC3)c2)o1. The summed E-state index contributed by atoms with van der Waals surface area (Å²) >= 11 is 0. The Hall–Kier alpha value is -3.16. The van der Waals surface area contributed by atoms with Crippen molar-refractivity contribution in [2.45, 2.75) is 76.5 Å². The highest BCUT2D eigenvalue weighted by molar-refractivity contribution is 5.95. The van der Waals surface area contributed by atoms with Gasteiger partial charge in [0.25, 0.3) is 0 Å². The Balaban J connectivity index is 1.23. The quantitative estimate of drug-likeness (QED) is 0.315. The van der Waals surface area contributed by atoms with E-state index in [1.807, 2.05) is 29.2 Å². The summed E-state index contributed by atoms with van der Waals surface area (Å²) in [5.41, 5.74) is 1.78. The van der Waals surface area contributed by atoms with Crippen LogP contribution in [0.15, 0.2) is 39.4 Å². The second kappa shape index (κ2) is 11.1. The average Bonchev–Trinajstić information content (AvgIpc) is 3.45. The number of carbonyl (C=O) groups excluding carboxylic acids is 1. The van der Waals surface area contributed by atoms with E-state index in [-0.39, 0.29) is 17.9 Å². The maximum Gasteiger partial charge on any atom is 0.393 e. The number of benzene rings is 1. The highest BCUT2D eigenvalue weighted by Crippen LogP contribution is 2.38. The lowest BCUT2D eigenvalue weighted by Gasteiger charge is -2.30. The summed E-state index contributed by atoms with van der Waals surface area (Å²) in [7, 11) is 1.53. The predicted molar refractivity (Wildman–Crippen MR) is 131 cm³/mol. The number of hydrogen-bond acceptors (Lipinski definition) is 7. The summed E-state index contributed by atoms with van der Waals surface area (Å²) in [4.78, 5) is 24.2. The summed E-state index contributed by atoms with van der Waals surface area (Å²) in [6.07, 6.45) is 13.4. The number of aryl methyl sites for hydroxylation is 1. The van der Waals surface area contributed by atoms with Crippen molar-refractivity contribution in [3.05, 3.63) is 42.2 Å². The van der Waals surface area contributed by atoms with Gasteiger partial charge in [-0.1, -0.05) is 43.0 Å². The summed E-state index contributed by atoms with van der Waals surface area (Å²) in [6, 6.07) is 7.95. The maximum absolute atomic E-state index is 13.6. The van der Waals surface area contributed by atoms with Crippen LogP contribution in [0.5, 0.6) is 6.08 Å². The van der Waals surface area contributed by atoms with Crippen LogP contribution in [-0.2, 0) is 11.2 Å². The molecular weight excluding hydrogens is 444 g/mol. The Morgan fingerprint density at radius 1 is 1.11 bits per heavy atom. The van der Waals surface area contributed by atoms with Gasteiger partial charge >= 0.3 is 6.08 Å². The lowest BCUT2D eigenvalue weighted by molar-refractivity contribution is -0.123. The first-order chi connectivity index (χ1) is 17.2. The van der Waals surface area contributed by atoms with Gasteiger partial charge in [-0.25, -0.2) is 0 Å². The summed E-state index contributed by atoms with van der Waals surface area (Å²) < 4.78 is 16.1. The molecule has 8 nitrogen and oxygen atoms in total. The molecule has 1 amide bonds. The molecule has 2 fully saturated rings. The van der Waals surface area contributed by atoms with Crippen molar-refractivity contribution in [2.24, 2.45) is 5.92 Å². The molecule has 2 aromatic heterocycles. The third-order valence-corrected chi connectivity index (χ3v) is 7.02. The van der Waals surface area contributed by atoms with Gasteiger partial charge in [0.1, 0.15) is 0 Å². The number of nitrogens with zero attached hydrogens (tertiary/aromatic N) is 4. The number of amides is 1. The molecule has 0 saturated heterocycles. The van der Waals surface area contributed by atoms with Crippen molar-refractivity contribution in [2.75, 3.05) is 18.6 Å². The number of rotatable bonds is 11. The number of hydrogen-bond donors (Lipinski definition) is 0. The second-order valence-electron chi connectivity index (χ2n) is 9.70. The maximum atomic E-state index is 13.6. The molecule has 2 aliphatic rings. The molecule has 186 valence electrons. The third-order valence-electron chi connectivity index (χ3n) is 7.02. The average molecular weight is 479 g/mol. The van der Waals surface area contributed by atoms with Crippen molar-refractivity contribution < 1.29 is 18.5 Å². The number of ether oxygens (including phenoxy) is 1. The predicted octanol–water partition coefficient (Wildman–Crippen LogP) is 5.94. The van der Waals surface area contributed by atoms with E-state index in [1.54, 1.807) is 6.20 Å². The first-order valence-corrected chi connectivity index (χ1v) is 13.0. The van der Waals surface area contributed by atoms with Gasteiger partial charge in [0.15, 0.2) is 11.6 Å². The molecule has 8 heteroatoms. The lowest BCUT2D eigenvalue weighted by Crippen LogP contribution is -2.38. The minimum absolute atomic E-state index is 0.108. The topological polar surface area (TPSA) is 94.5 Å². The van der Waals surface area contributed by atoms with Crippen LogP contribution in [0.3, 0.4) is 0 Å². The van der Waals surface area contributed by atoms with Crippen molar-refractivity contribution in [3.63, 3.8) is 0 Å². The van der Waals surface area contributed by atoms with Crippen LogP contribution in [0.4, 0.5) is 5.69 Å². The number of methoxy groups -OCH3 is 1. The Bertz CT molecular complexity index is 1110. The fourth-order valence-corrected chi connectivity index (χ4v) is 4.85. The van der Waals surface area contributed by atoms with Gasteiger partial charge in [-0.15, -0.1) is 0 Å². The highest BCUT2D eigenvalue weighted by Gasteiger charge is 2.29. The molecule has 0 bridgehead atoms. The van der Waals surface area contributed by atoms with E-state index in [0.717, 1.165) is 74.3 Å². The number of unbranched alkanes of at least 4 members (excludes halogenated alkanes) is 2. The molecule has 0 radical (unpaired) electrons. The zero-order valence-electron chi connectivity index (χ0n) is 20.4. The number of aromatic nitrogens is 3. The largest absolute Gasteiger partial charge is 0.454 e. The van der Waals surface area contributed by atoms with E-state index in [9.17, 15) is 4.79 Å². The van der Waals surface area contributed by atoms with E-state index in [0.29, 0.717) is 18.2 Å². The van der Waals surface area contributed by atoms with Gasteiger partial charge in [-0.2, -0.15) is 9.97 Å². The van der Waals surface area contributed by atoms with Gasteiger partial charge in [0, 0.05) is 36.1 Å². The molecule has 2 saturated carbocycles. The van der Waals surface area contributed by atoms with Crippen LogP contribution >= 0.6 is 0 Å². The minimum atomic E-state index is 0.108. The molecular formula is C27H34N4O4. The Morgan fingerprint density at radius 2 is 1.97 bits per heavy atom. The van der Waals surface area contributed by atoms with E-state index >= 15 is 0 Å². The van der Waals surface area contributed by atoms with Crippen molar-refractivity contribution >= 4 is 11.6 Å². The van der Waals surface area contributed by atoms with Gasteiger partial charge in [-0.05, 0) is 50.7 Å². The molecule has 0 aliphatic heterocycles. The highest BCUT2D eigenvalue weighted by atomic mass is 16.6. The van der Waals surface area contributed by atoms with Crippen LogP contribution in [-0.4, -0.2) is 34.7 Å². The summed E-state index contributed by atoms with van der Waals surface area (Å²) in [6.45, 7) is 0.690. The Morgan fingerprint density at radius 3 is 2.74 bits per heavy atom. The van der Waals surface area contributed by atoms with E-state index in [4.69, 9.17) is 13.7 Å². The molecule has 0 N–H and O–H groups in total. The van der Waals surface area contributed by atoms with Crippen molar-refractivity contribution in [3.8, 4) is 17.4 Å². The molecule has 2 heterocycles. The monoisotopic (exact) mass is 478 g/mol. The number of anilines is 1. The van der Waals surface area contributed by atoms with Gasteiger partial charge in [-0.3, -0.25) is 4.79 Å². The molecule has 5 rings (SSSR count). The molecule has 35 heavy (non-hydrogen) atoms. The standard InChI is InChI=1S/C27H34N4O4/c1-33-27-28-18-23(34-27)21-11-8-12-22(17-21)31(26(32)20-9-4-2-5-10-20)16-7-3-6-13-24-29-25(30-35-24)19-14-15-19/h8,11-12,17-20H,2-7,9-10,13-16H2,1H3. The molecule has 3 aromatic rings. The van der Waals surface area contributed by atoms with Crippen LogP contribution < -0.4 is 9.64 Å². The summed E-state index contributed by atoms with van der Waals surface area (Å²) in [5, 5.41) is 4.10. The van der Waals surface area contributed by atoms with Crippen LogP contribution in [0.1, 0.15) is 81.8 Å². The smallest absolute Gasteiger partial charge is 0.393 e. The van der Waals surface area contributed by atoms with Gasteiger partial charge < -0.3 is 18.6 Å². The van der Waals surface area contributed by atoms with E-state index < -0.39 is 0 Å². The van der Waals surface area contributed by atoms with Crippen molar-refractivity contribution in [1.82, 2.24) is 15.1 Å². The first-order valence-electron chi connectivity index (χ1n) is 13.0. The van der Waals surface area contributed by atoms with E-state index in [1.165, 1.54) is 26.4 Å². The molecule has 0 spiro atoms. The third kappa shape index (κ3) is 5.92. The van der Waals surface area contributed by atoms with Gasteiger partial charge in [0.05, 0.1) is 13.3 Å². The van der Waals surface area contributed by atoms with Crippen molar-refractivity contribution in [1.29, 1.82) is 0 Å². The normalized spacial score (nSPS) is 16.4. The first kappa shape index (κ1) is 23.6. The van der Waals surface area contributed by atoms with Crippen LogP contribution in [0, 0.1) is 5.92 Å². The van der Waals surface area contributed by atoms with E-state index in [2.05, 4.69) is 15.1 Å². The molecule has 0 unspecified atom stereocenters. The minimum Gasteiger partial charge on any atom is -0.454 e. The molecule has 1 aromatic carbocycles. The van der Waals surface area contributed by atoms with Crippen LogP contribution in [0.2, 0.25) is 0 Å². The fourth-order valence-electron chi connectivity index (χ4n) is 4.85. The zero-order chi connectivity index (χ0) is 24.0. The molecule has 2 aliphatic carbocycles. The Labute approximate surface area is 206 Å². The Kier molecular flexibility index (Phi) is 7.45. The number of carbonyl (C=O) groups is 1. The zero-order valence-corrected chi connectivity index (χ0v) is 20.4.